The van der Waals surface area contributed by atoms with Crippen LogP contribution in [0.1, 0.15) is 26.7 Å². The van der Waals surface area contributed by atoms with Gasteiger partial charge in [0.2, 0.25) is 15.9 Å². The number of nitrogens with zero attached hydrogens (tertiary/aromatic N) is 1. The highest BCUT2D eigenvalue weighted by molar-refractivity contribution is 9.10. The Morgan fingerprint density at radius 2 is 2.10 bits per heavy atom. The first-order chi connectivity index (χ1) is 9.74. The van der Waals surface area contributed by atoms with E-state index in [1.54, 1.807) is 12.1 Å². The lowest BCUT2D eigenvalue weighted by atomic mass is 10.2. The first kappa shape index (κ1) is 18.1. The maximum absolute atomic E-state index is 11.9. The summed E-state index contributed by atoms with van der Waals surface area (Å²) in [7, 11) is -3.31. The van der Waals surface area contributed by atoms with Crippen LogP contribution in [-0.2, 0) is 14.8 Å². The average Bonchev–Trinajstić information content (AvgIpc) is 2.36. The molecule has 1 rings (SSSR count). The minimum Gasteiger partial charge on any atom is -0.326 e. The number of carbonyl (C=O) groups excluding carboxylic acids is 1. The van der Waals surface area contributed by atoms with Gasteiger partial charge in [-0.15, -0.1) is 0 Å². The lowest BCUT2D eigenvalue weighted by Gasteiger charge is -2.25. The molecule has 0 bridgehead atoms. The maximum atomic E-state index is 11.9. The van der Waals surface area contributed by atoms with Crippen molar-refractivity contribution < 1.29 is 13.2 Å². The topological polar surface area (TPSA) is 66.5 Å². The van der Waals surface area contributed by atoms with E-state index in [9.17, 15) is 13.2 Å². The largest absolute Gasteiger partial charge is 0.326 e. The Morgan fingerprint density at radius 1 is 1.43 bits per heavy atom. The van der Waals surface area contributed by atoms with E-state index in [-0.39, 0.29) is 24.9 Å². The van der Waals surface area contributed by atoms with Crippen molar-refractivity contribution in [1.29, 1.82) is 0 Å². The highest BCUT2D eigenvalue weighted by Gasteiger charge is 2.22. The van der Waals surface area contributed by atoms with Gasteiger partial charge in [0.1, 0.15) is 0 Å². The van der Waals surface area contributed by atoms with Gasteiger partial charge in [0.05, 0.1) is 6.26 Å². The summed E-state index contributed by atoms with van der Waals surface area (Å²) in [6.45, 7) is 3.95. The van der Waals surface area contributed by atoms with Crippen LogP contribution in [0.25, 0.3) is 0 Å². The Bertz CT molecular complexity index is 590. The van der Waals surface area contributed by atoms with E-state index in [0.29, 0.717) is 12.1 Å². The Labute approximate surface area is 134 Å². The fourth-order valence-electron chi connectivity index (χ4n) is 1.92. The van der Waals surface area contributed by atoms with Crippen molar-refractivity contribution >= 4 is 37.5 Å². The molecule has 0 aromatic heterocycles. The number of hydrogen-bond acceptors (Lipinski definition) is 3. The Balaban J connectivity index is 2.62. The molecule has 0 spiro atoms. The number of anilines is 1. The normalized spacial score (nSPS) is 13.2. The van der Waals surface area contributed by atoms with Crippen molar-refractivity contribution in [1.82, 2.24) is 4.31 Å². The van der Waals surface area contributed by atoms with E-state index in [4.69, 9.17) is 0 Å². The summed E-state index contributed by atoms with van der Waals surface area (Å²) < 4.78 is 25.7. The fraction of sp³-hybridized carbons (Fsp3) is 0.500. The number of nitrogens with one attached hydrogen (secondary N) is 1. The average molecular weight is 377 g/mol. The van der Waals surface area contributed by atoms with Crippen LogP contribution in [0.3, 0.4) is 0 Å². The predicted octanol–water partition coefficient (Wildman–Crippen LogP) is 2.84. The molecular formula is C14H21BrN2O3S. The van der Waals surface area contributed by atoms with Gasteiger partial charge in [-0.1, -0.05) is 28.9 Å². The molecule has 0 saturated heterocycles. The molecule has 1 amide bonds. The minimum atomic E-state index is -3.31. The third kappa shape index (κ3) is 6.15. The lowest BCUT2D eigenvalue weighted by Crippen LogP contribution is -2.39. The molecule has 0 aliphatic heterocycles. The highest BCUT2D eigenvalue weighted by Crippen LogP contribution is 2.16. The number of benzene rings is 1. The zero-order valence-corrected chi connectivity index (χ0v) is 14.9. The fourth-order valence-corrected chi connectivity index (χ4v) is 3.54. The second-order valence-electron chi connectivity index (χ2n) is 4.94. The van der Waals surface area contributed by atoms with E-state index in [0.717, 1.165) is 4.47 Å². The number of amides is 1. The molecule has 118 valence electrons. The maximum Gasteiger partial charge on any atom is 0.225 e. The summed E-state index contributed by atoms with van der Waals surface area (Å²) in [5.74, 6) is -0.204. The molecule has 1 atom stereocenters. The van der Waals surface area contributed by atoms with Gasteiger partial charge in [-0.3, -0.25) is 4.79 Å². The van der Waals surface area contributed by atoms with Crippen LogP contribution in [0.15, 0.2) is 28.7 Å². The van der Waals surface area contributed by atoms with E-state index >= 15 is 0 Å². The smallest absolute Gasteiger partial charge is 0.225 e. The summed E-state index contributed by atoms with van der Waals surface area (Å²) in [5.41, 5.74) is 0.684. The molecular weight excluding hydrogens is 356 g/mol. The third-order valence-corrected chi connectivity index (χ3v) is 5.06. The van der Waals surface area contributed by atoms with E-state index in [2.05, 4.69) is 21.2 Å². The Hall–Kier alpha value is -0.920. The molecule has 1 N–H and O–H groups in total. The standard InChI is InChI=1S/C14H21BrN2O3S/c1-4-11(2)17(21(3,19)20)9-8-14(18)16-13-7-5-6-12(15)10-13/h5-7,10-11H,4,8-9H2,1-3H3,(H,16,18). The lowest BCUT2D eigenvalue weighted by molar-refractivity contribution is -0.116. The van der Waals surface area contributed by atoms with Gasteiger partial charge in [0.25, 0.3) is 0 Å². The molecule has 7 heteroatoms. The van der Waals surface area contributed by atoms with Crippen molar-refractivity contribution in [3.63, 3.8) is 0 Å². The predicted molar refractivity (Wildman–Crippen MR) is 88.7 cm³/mol. The number of carbonyl (C=O) groups is 1. The summed E-state index contributed by atoms with van der Waals surface area (Å²) in [6, 6.07) is 7.15. The van der Waals surface area contributed by atoms with Crippen LogP contribution in [0.2, 0.25) is 0 Å². The van der Waals surface area contributed by atoms with Gasteiger partial charge in [-0.05, 0) is 31.5 Å². The molecule has 0 aliphatic rings. The van der Waals surface area contributed by atoms with Crippen molar-refractivity contribution in [2.75, 3.05) is 18.1 Å². The molecule has 0 aliphatic carbocycles. The van der Waals surface area contributed by atoms with Gasteiger partial charge >= 0.3 is 0 Å². The minimum absolute atomic E-state index is 0.112. The molecule has 0 heterocycles. The second kappa shape index (κ2) is 7.91. The molecule has 5 nitrogen and oxygen atoms in total. The summed E-state index contributed by atoms with van der Waals surface area (Å²) in [4.78, 5) is 11.9. The van der Waals surface area contributed by atoms with E-state index < -0.39 is 10.0 Å². The van der Waals surface area contributed by atoms with E-state index in [1.807, 2.05) is 26.0 Å². The summed E-state index contributed by atoms with van der Waals surface area (Å²) >= 11 is 3.33. The summed E-state index contributed by atoms with van der Waals surface area (Å²) in [5, 5.41) is 2.76. The van der Waals surface area contributed by atoms with Gasteiger partial charge in [-0.25, -0.2) is 8.42 Å². The monoisotopic (exact) mass is 376 g/mol. The second-order valence-corrected chi connectivity index (χ2v) is 7.79. The van der Waals surface area contributed by atoms with Crippen LogP contribution in [0.5, 0.6) is 0 Å². The molecule has 1 unspecified atom stereocenters. The molecule has 1 aromatic rings. The SMILES string of the molecule is CCC(C)N(CCC(=O)Nc1cccc(Br)c1)S(C)(=O)=O. The number of rotatable bonds is 7. The number of hydrogen-bond donors (Lipinski definition) is 1. The van der Waals surface area contributed by atoms with Crippen molar-refractivity contribution in [2.24, 2.45) is 0 Å². The van der Waals surface area contributed by atoms with Gasteiger partial charge in [0.15, 0.2) is 0 Å². The van der Waals surface area contributed by atoms with Crippen LogP contribution >= 0.6 is 15.9 Å². The molecule has 0 radical (unpaired) electrons. The van der Waals surface area contributed by atoms with Crippen LogP contribution in [0, 0.1) is 0 Å². The number of sulfonamides is 1. The zero-order valence-electron chi connectivity index (χ0n) is 12.5. The first-order valence-electron chi connectivity index (χ1n) is 6.76. The zero-order chi connectivity index (χ0) is 16.0. The third-order valence-electron chi connectivity index (χ3n) is 3.18. The van der Waals surface area contributed by atoms with Gasteiger partial charge < -0.3 is 5.32 Å². The Kier molecular flexibility index (Phi) is 6.83. The van der Waals surface area contributed by atoms with Crippen molar-refractivity contribution in [2.45, 2.75) is 32.7 Å². The number of halogens is 1. The van der Waals surface area contributed by atoms with Crippen molar-refractivity contribution in [3.05, 3.63) is 28.7 Å². The quantitative estimate of drug-likeness (QED) is 0.795. The van der Waals surface area contributed by atoms with Crippen LogP contribution < -0.4 is 5.32 Å². The van der Waals surface area contributed by atoms with Gasteiger partial charge in [-0.2, -0.15) is 4.31 Å². The van der Waals surface area contributed by atoms with E-state index in [1.165, 1.54) is 10.6 Å². The molecule has 0 saturated carbocycles. The van der Waals surface area contributed by atoms with Crippen LogP contribution in [-0.4, -0.2) is 37.5 Å². The van der Waals surface area contributed by atoms with Crippen LogP contribution in [0.4, 0.5) is 5.69 Å². The molecule has 1 aromatic carbocycles. The van der Waals surface area contributed by atoms with Crippen molar-refractivity contribution in [3.8, 4) is 0 Å². The highest BCUT2D eigenvalue weighted by atomic mass is 79.9. The molecule has 0 fully saturated rings. The molecule has 21 heavy (non-hydrogen) atoms. The first-order valence-corrected chi connectivity index (χ1v) is 9.40. The van der Waals surface area contributed by atoms with Gasteiger partial charge in [0, 0.05) is 29.2 Å². The summed E-state index contributed by atoms with van der Waals surface area (Å²) in [6.07, 6.45) is 2.01. The Morgan fingerprint density at radius 3 is 2.62 bits per heavy atom.